The molecule has 0 aliphatic rings. The van der Waals surface area contributed by atoms with Gasteiger partial charge in [-0.3, -0.25) is 4.79 Å². The Morgan fingerprint density at radius 3 is 2.25 bits per heavy atom. The van der Waals surface area contributed by atoms with Gasteiger partial charge < -0.3 is 10.2 Å². The second-order valence-corrected chi connectivity index (χ2v) is 2.74. The van der Waals surface area contributed by atoms with Gasteiger partial charge in [-0.25, -0.2) is 0 Å². The van der Waals surface area contributed by atoms with Crippen LogP contribution in [0.3, 0.4) is 0 Å². The number of rotatable bonds is 6. The van der Waals surface area contributed by atoms with Gasteiger partial charge in [0.15, 0.2) is 0 Å². The third-order valence-corrected chi connectivity index (χ3v) is 1.71. The van der Waals surface area contributed by atoms with Crippen molar-refractivity contribution < 1.29 is 15.0 Å². The van der Waals surface area contributed by atoms with Crippen LogP contribution in [0.1, 0.15) is 45.4 Å². The topological polar surface area (TPSA) is 57.8 Å². The molecule has 0 atom stereocenters. The summed E-state index contributed by atoms with van der Waals surface area (Å²) in [5.74, 6) is -0.0819. The molecule has 74 valence electrons. The predicted octanol–water partition coefficient (Wildman–Crippen LogP) is 1.70. The van der Waals surface area contributed by atoms with Crippen molar-refractivity contribution in [3.05, 3.63) is 0 Å². The van der Waals surface area contributed by atoms with E-state index in [1.807, 2.05) is 0 Å². The van der Waals surface area contributed by atoms with Gasteiger partial charge in [-0.1, -0.05) is 32.6 Å². The van der Waals surface area contributed by atoms with E-state index < -0.39 is 0 Å². The average Bonchev–Trinajstić information content (AvgIpc) is 2.04. The summed E-state index contributed by atoms with van der Waals surface area (Å²) in [4.78, 5) is 10.6. The molecule has 0 aliphatic carbocycles. The van der Waals surface area contributed by atoms with E-state index >= 15 is 0 Å². The van der Waals surface area contributed by atoms with Gasteiger partial charge >= 0.3 is 5.97 Å². The first-order valence-corrected chi connectivity index (χ1v) is 4.38. The van der Waals surface area contributed by atoms with E-state index in [-0.39, 0.29) is 11.4 Å². The van der Waals surface area contributed by atoms with Crippen molar-refractivity contribution in [1.29, 1.82) is 0 Å². The third kappa shape index (κ3) is 9.43. The lowest BCUT2D eigenvalue weighted by atomic mass is 10.1. The van der Waals surface area contributed by atoms with Crippen molar-refractivity contribution in [2.45, 2.75) is 45.4 Å². The summed E-state index contributed by atoms with van der Waals surface area (Å²) >= 11 is 0. The molecule has 2 N–H and O–H groups in total. The normalized spacial score (nSPS) is 8.83. The number of carbonyl (C=O) groups is 1. The van der Waals surface area contributed by atoms with Crippen molar-refractivity contribution in [1.82, 2.24) is 0 Å². The van der Waals surface area contributed by atoms with E-state index in [0.29, 0.717) is 6.42 Å². The Hall–Kier alpha value is -0.570. The monoisotopic (exact) mass is 176 g/mol. The molecule has 0 saturated heterocycles. The minimum atomic E-state index is -0.0819. The maximum Gasteiger partial charge on any atom is 0.305 e. The second-order valence-electron chi connectivity index (χ2n) is 2.74. The highest BCUT2D eigenvalue weighted by Gasteiger charge is 1.97. The molecule has 0 saturated carbocycles. The van der Waals surface area contributed by atoms with E-state index in [4.69, 9.17) is 0 Å². The average molecular weight is 176 g/mol. The van der Waals surface area contributed by atoms with Crippen LogP contribution in [-0.4, -0.2) is 18.6 Å². The first-order valence-electron chi connectivity index (χ1n) is 4.38. The Morgan fingerprint density at radius 1 is 1.17 bits per heavy atom. The van der Waals surface area contributed by atoms with E-state index in [1.54, 1.807) is 0 Å². The molecule has 0 heterocycles. The van der Waals surface area contributed by atoms with Crippen LogP contribution in [0.25, 0.3) is 0 Å². The highest BCUT2D eigenvalue weighted by atomic mass is 16.5. The number of carbonyl (C=O) groups excluding carboxylic acids is 1. The van der Waals surface area contributed by atoms with Gasteiger partial charge in [0.25, 0.3) is 0 Å². The first-order chi connectivity index (χ1) is 5.31. The number of hydrogen-bond acceptors (Lipinski definition) is 2. The summed E-state index contributed by atoms with van der Waals surface area (Å²) in [6, 6.07) is 0. The van der Waals surface area contributed by atoms with Crippen LogP contribution >= 0.6 is 0 Å². The van der Waals surface area contributed by atoms with Gasteiger partial charge in [0.2, 0.25) is 0 Å². The molecule has 3 nitrogen and oxygen atoms in total. The fraction of sp³-hybridized carbons (Fsp3) is 0.889. The zero-order valence-corrected chi connectivity index (χ0v) is 8.06. The fourth-order valence-electron chi connectivity index (χ4n) is 0.975. The Kier molecular flexibility index (Phi) is 12.2. The second kappa shape index (κ2) is 10.4. The molecule has 0 bridgehead atoms. The van der Waals surface area contributed by atoms with Gasteiger partial charge in [-0.2, -0.15) is 0 Å². The Morgan fingerprint density at radius 2 is 1.75 bits per heavy atom. The lowest BCUT2D eigenvalue weighted by Crippen LogP contribution is -1.98. The largest absolute Gasteiger partial charge is 0.469 e. The molecule has 3 heteroatoms. The third-order valence-electron chi connectivity index (χ3n) is 1.71. The van der Waals surface area contributed by atoms with Crippen LogP contribution in [0.4, 0.5) is 0 Å². The van der Waals surface area contributed by atoms with Crippen molar-refractivity contribution in [3.8, 4) is 0 Å². The number of unbranched alkanes of at least 4 members (excludes halogenated alkanes) is 4. The predicted molar refractivity (Wildman–Crippen MR) is 49.0 cm³/mol. The molecule has 0 unspecified atom stereocenters. The van der Waals surface area contributed by atoms with Crippen LogP contribution in [0.5, 0.6) is 0 Å². The first kappa shape index (κ1) is 14.0. The van der Waals surface area contributed by atoms with E-state index in [2.05, 4.69) is 11.7 Å². The summed E-state index contributed by atoms with van der Waals surface area (Å²) in [6.07, 6.45) is 6.49. The SMILES string of the molecule is CCCCCCCC(=O)OC.O. The molecule has 0 fully saturated rings. The standard InChI is InChI=1S/C9H18O2.H2O/c1-3-4-5-6-7-8-9(10)11-2;/h3-8H2,1-2H3;1H2. The van der Waals surface area contributed by atoms with Gasteiger partial charge in [-0.15, -0.1) is 0 Å². The van der Waals surface area contributed by atoms with Crippen molar-refractivity contribution in [2.24, 2.45) is 0 Å². The molecule has 12 heavy (non-hydrogen) atoms. The number of methoxy groups -OCH3 is 1. The summed E-state index contributed by atoms with van der Waals surface area (Å²) in [6.45, 7) is 2.18. The van der Waals surface area contributed by atoms with E-state index in [9.17, 15) is 4.79 Å². The van der Waals surface area contributed by atoms with Gasteiger partial charge in [0, 0.05) is 6.42 Å². The van der Waals surface area contributed by atoms with Crippen molar-refractivity contribution in [3.63, 3.8) is 0 Å². The Labute approximate surface area is 74.4 Å². The van der Waals surface area contributed by atoms with Crippen LogP contribution < -0.4 is 0 Å². The lowest BCUT2D eigenvalue weighted by Gasteiger charge is -1.98. The molecule has 0 rings (SSSR count). The fourth-order valence-corrected chi connectivity index (χ4v) is 0.975. The number of hydrogen-bond donors (Lipinski definition) is 0. The van der Waals surface area contributed by atoms with E-state index in [1.165, 1.54) is 26.4 Å². The summed E-state index contributed by atoms with van der Waals surface area (Å²) in [5.41, 5.74) is 0. The molecule has 0 aromatic heterocycles. The molecule has 0 aromatic rings. The highest BCUT2D eigenvalue weighted by molar-refractivity contribution is 5.68. The molecular weight excluding hydrogens is 156 g/mol. The molecular formula is C9H20O3. The lowest BCUT2D eigenvalue weighted by molar-refractivity contribution is -0.140. The smallest absolute Gasteiger partial charge is 0.305 e. The van der Waals surface area contributed by atoms with Crippen LogP contribution in [0.2, 0.25) is 0 Å². The van der Waals surface area contributed by atoms with Crippen LogP contribution in [-0.2, 0) is 9.53 Å². The van der Waals surface area contributed by atoms with Crippen molar-refractivity contribution in [2.75, 3.05) is 7.11 Å². The van der Waals surface area contributed by atoms with Gasteiger partial charge in [0.05, 0.1) is 7.11 Å². The molecule has 0 aromatic carbocycles. The zero-order valence-electron chi connectivity index (χ0n) is 8.06. The van der Waals surface area contributed by atoms with Crippen LogP contribution in [0.15, 0.2) is 0 Å². The summed E-state index contributed by atoms with van der Waals surface area (Å²) < 4.78 is 4.52. The molecule has 0 radical (unpaired) electrons. The molecule has 0 amide bonds. The number of ether oxygens (including phenoxy) is 1. The van der Waals surface area contributed by atoms with Gasteiger partial charge in [0.1, 0.15) is 0 Å². The Balaban J connectivity index is 0. The molecule has 0 aliphatic heterocycles. The zero-order chi connectivity index (χ0) is 8.53. The maximum absolute atomic E-state index is 10.6. The quantitative estimate of drug-likeness (QED) is 0.457. The maximum atomic E-state index is 10.6. The van der Waals surface area contributed by atoms with Crippen LogP contribution in [0, 0.1) is 0 Å². The summed E-state index contributed by atoms with van der Waals surface area (Å²) in [7, 11) is 1.44. The highest BCUT2D eigenvalue weighted by Crippen LogP contribution is 2.04. The summed E-state index contributed by atoms with van der Waals surface area (Å²) in [5, 5.41) is 0. The Bertz CT molecular complexity index is 102. The van der Waals surface area contributed by atoms with E-state index in [0.717, 1.165) is 12.8 Å². The minimum absolute atomic E-state index is 0. The van der Waals surface area contributed by atoms with Crippen molar-refractivity contribution >= 4 is 5.97 Å². The molecule has 0 spiro atoms. The number of esters is 1. The van der Waals surface area contributed by atoms with Gasteiger partial charge in [-0.05, 0) is 6.42 Å². The minimum Gasteiger partial charge on any atom is -0.469 e.